The second-order valence-electron chi connectivity index (χ2n) is 4.28. The SMILES string of the molecule is CC(C)CCC(=O)Cc1cccc(Cl)c1. The molecule has 82 valence electrons. The molecule has 0 aliphatic heterocycles. The molecule has 0 aromatic heterocycles. The van der Waals surface area contributed by atoms with Crippen molar-refractivity contribution >= 4 is 17.4 Å². The number of halogens is 1. The fraction of sp³-hybridized carbons (Fsp3) is 0.462. The molecule has 0 atom stereocenters. The van der Waals surface area contributed by atoms with E-state index in [1.807, 2.05) is 24.3 Å². The van der Waals surface area contributed by atoms with Gasteiger partial charge in [0.1, 0.15) is 5.78 Å². The lowest BCUT2D eigenvalue weighted by molar-refractivity contribution is -0.118. The van der Waals surface area contributed by atoms with E-state index in [0.717, 1.165) is 12.0 Å². The van der Waals surface area contributed by atoms with Crippen molar-refractivity contribution in [3.05, 3.63) is 34.9 Å². The molecule has 15 heavy (non-hydrogen) atoms. The number of hydrogen-bond acceptors (Lipinski definition) is 1. The molecule has 0 heterocycles. The predicted octanol–water partition coefficient (Wildman–Crippen LogP) is 3.89. The highest BCUT2D eigenvalue weighted by Gasteiger charge is 2.05. The zero-order chi connectivity index (χ0) is 11.3. The van der Waals surface area contributed by atoms with Gasteiger partial charge in [-0.25, -0.2) is 0 Å². The third kappa shape index (κ3) is 4.98. The number of ketones is 1. The molecule has 1 nitrogen and oxygen atoms in total. The minimum Gasteiger partial charge on any atom is -0.299 e. The van der Waals surface area contributed by atoms with Crippen LogP contribution in [0.3, 0.4) is 0 Å². The predicted molar refractivity (Wildman–Crippen MR) is 64.2 cm³/mol. The molecular formula is C13H17ClO. The molecule has 0 unspecified atom stereocenters. The van der Waals surface area contributed by atoms with Gasteiger partial charge in [-0.2, -0.15) is 0 Å². The van der Waals surface area contributed by atoms with E-state index in [1.165, 1.54) is 0 Å². The summed E-state index contributed by atoms with van der Waals surface area (Å²) in [7, 11) is 0. The number of Topliss-reactive ketones (excluding diaryl/α,β-unsaturated/α-hetero) is 1. The van der Waals surface area contributed by atoms with Crippen LogP contribution >= 0.6 is 11.6 Å². The monoisotopic (exact) mass is 224 g/mol. The molecular weight excluding hydrogens is 208 g/mol. The van der Waals surface area contributed by atoms with Crippen molar-refractivity contribution in [2.24, 2.45) is 5.92 Å². The van der Waals surface area contributed by atoms with Gasteiger partial charge in [-0.15, -0.1) is 0 Å². The Balaban J connectivity index is 2.44. The van der Waals surface area contributed by atoms with Crippen molar-refractivity contribution in [1.29, 1.82) is 0 Å². The molecule has 0 fully saturated rings. The molecule has 0 saturated heterocycles. The second-order valence-corrected chi connectivity index (χ2v) is 4.71. The van der Waals surface area contributed by atoms with E-state index in [1.54, 1.807) is 0 Å². The Bertz CT molecular complexity index is 331. The van der Waals surface area contributed by atoms with Gasteiger partial charge >= 0.3 is 0 Å². The van der Waals surface area contributed by atoms with Crippen LogP contribution in [0.2, 0.25) is 5.02 Å². The van der Waals surface area contributed by atoms with Crippen LogP contribution in [0.25, 0.3) is 0 Å². The quantitative estimate of drug-likeness (QED) is 0.742. The summed E-state index contributed by atoms with van der Waals surface area (Å²) < 4.78 is 0. The molecule has 0 aliphatic carbocycles. The Labute approximate surface area is 96.5 Å². The maximum atomic E-state index is 11.6. The van der Waals surface area contributed by atoms with Gasteiger partial charge in [0.05, 0.1) is 0 Å². The number of carbonyl (C=O) groups excluding carboxylic acids is 1. The number of rotatable bonds is 5. The zero-order valence-electron chi connectivity index (χ0n) is 9.29. The molecule has 0 saturated carbocycles. The van der Waals surface area contributed by atoms with E-state index in [9.17, 15) is 4.79 Å². The van der Waals surface area contributed by atoms with E-state index in [2.05, 4.69) is 13.8 Å². The fourth-order valence-electron chi connectivity index (χ4n) is 1.41. The van der Waals surface area contributed by atoms with Gasteiger partial charge in [-0.05, 0) is 30.0 Å². The van der Waals surface area contributed by atoms with Gasteiger partial charge in [0.15, 0.2) is 0 Å². The average Bonchev–Trinajstić information content (AvgIpc) is 2.15. The summed E-state index contributed by atoms with van der Waals surface area (Å²) in [5.41, 5.74) is 1.01. The van der Waals surface area contributed by atoms with Gasteiger partial charge in [0.2, 0.25) is 0 Å². The lowest BCUT2D eigenvalue weighted by Crippen LogP contribution is -2.04. The van der Waals surface area contributed by atoms with E-state index in [4.69, 9.17) is 11.6 Å². The van der Waals surface area contributed by atoms with Crippen molar-refractivity contribution in [3.8, 4) is 0 Å². The van der Waals surface area contributed by atoms with Crippen molar-refractivity contribution in [2.75, 3.05) is 0 Å². The molecule has 0 spiro atoms. The first kappa shape index (κ1) is 12.3. The maximum Gasteiger partial charge on any atom is 0.137 e. The third-order valence-corrected chi connectivity index (χ3v) is 2.53. The van der Waals surface area contributed by atoms with Crippen LogP contribution in [-0.4, -0.2) is 5.78 Å². The Morgan fingerprint density at radius 3 is 2.73 bits per heavy atom. The normalized spacial score (nSPS) is 10.7. The summed E-state index contributed by atoms with van der Waals surface area (Å²) in [5.74, 6) is 0.888. The van der Waals surface area contributed by atoms with Gasteiger partial charge < -0.3 is 0 Å². The van der Waals surface area contributed by atoms with Crippen LogP contribution in [0, 0.1) is 5.92 Å². The Kier molecular flexibility index (Phi) is 4.83. The Morgan fingerprint density at radius 2 is 2.13 bits per heavy atom. The molecule has 0 aliphatic rings. The van der Waals surface area contributed by atoms with Crippen LogP contribution < -0.4 is 0 Å². The summed E-state index contributed by atoms with van der Waals surface area (Å²) in [4.78, 5) is 11.6. The first-order valence-corrected chi connectivity index (χ1v) is 5.72. The van der Waals surface area contributed by atoms with Crippen molar-refractivity contribution in [2.45, 2.75) is 33.1 Å². The molecule has 0 amide bonds. The van der Waals surface area contributed by atoms with Crippen molar-refractivity contribution in [3.63, 3.8) is 0 Å². The van der Waals surface area contributed by atoms with Gasteiger partial charge in [0.25, 0.3) is 0 Å². The first-order valence-electron chi connectivity index (χ1n) is 5.34. The standard InChI is InChI=1S/C13H17ClO/c1-10(2)6-7-13(15)9-11-4-3-5-12(14)8-11/h3-5,8,10H,6-7,9H2,1-2H3. The minimum atomic E-state index is 0.297. The second kappa shape index (κ2) is 5.92. The lowest BCUT2D eigenvalue weighted by Gasteiger charge is -2.04. The number of benzene rings is 1. The summed E-state index contributed by atoms with van der Waals surface area (Å²) in [5, 5.41) is 0.698. The molecule has 0 radical (unpaired) electrons. The number of hydrogen-bond donors (Lipinski definition) is 0. The van der Waals surface area contributed by atoms with Crippen molar-refractivity contribution in [1.82, 2.24) is 0 Å². The highest BCUT2D eigenvalue weighted by Crippen LogP contribution is 2.13. The Morgan fingerprint density at radius 1 is 1.40 bits per heavy atom. The molecule has 2 heteroatoms. The largest absolute Gasteiger partial charge is 0.299 e. The zero-order valence-corrected chi connectivity index (χ0v) is 10.1. The highest BCUT2D eigenvalue weighted by molar-refractivity contribution is 6.30. The van der Waals surface area contributed by atoms with E-state index in [0.29, 0.717) is 29.6 Å². The van der Waals surface area contributed by atoms with Crippen LogP contribution in [-0.2, 0) is 11.2 Å². The maximum absolute atomic E-state index is 11.6. The number of carbonyl (C=O) groups is 1. The van der Waals surface area contributed by atoms with E-state index >= 15 is 0 Å². The topological polar surface area (TPSA) is 17.1 Å². The molecule has 1 rings (SSSR count). The van der Waals surface area contributed by atoms with Crippen LogP contribution in [0.1, 0.15) is 32.3 Å². The third-order valence-electron chi connectivity index (χ3n) is 2.29. The van der Waals surface area contributed by atoms with E-state index in [-0.39, 0.29) is 0 Å². The van der Waals surface area contributed by atoms with E-state index < -0.39 is 0 Å². The molecule has 1 aromatic rings. The average molecular weight is 225 g/mol. The highest BCUT2D eigenvalue weighted by atomic mass is 35.5. The summed E-state index contributed by atoms with van der Waals surface area (Å²) in [6.07, 6.45) is 2.15. The first-order chi connectivity index (χ1) is 7.08. The molecule has 1 aromatic carbocycles. The minimum absolute atomic E-state index is 0.297. The van der Waals surface area contributed by atoms with Gasteiger partial charge in [0, 0.05) is 17.9 Å². The summed E-state index contributed by atoms with van der Waals surface area (Å²) in [6.45, 7) is 4.26. The van der Waals surface area contributed by atoms with Crippen LogP contribution in [0.15, 0.2) is 24.3 Å². The van der Waals surface area contributed by atoms with Crippen LogP contribution in [0.4, 0.5) is 0 Å². The van der Waals surface area contributed by atoms with Gasteiger partial charge in [-0.1, -0.05) is 37.6 Å². The molecule has 0 N–H and O–H groups in total. The lowest BCUT2D eigenvalue weighted by atomic mass is 10.0. The Hall–Kier alpha value is -0.820. The van der Waals surface area contributed by atoms with Crippen molar-refractivity contribution < 1.29 is 4.79 Å². The fourth-order valence-corrected chi connectivity index (χ4v) is 1.63. The summed E-state index contributed by atoms with van der Waals surface area (Å²) in [6, 6.07) is 7.50. The van der Waals surface area contributed by atoms with Crippen LogP contribution in [0.5, 0.6) is 0 Å². The smallest absolute Gasteiger partial charge is 0.137 e. The molecule has 0 bridgehead atoms. The summed E-state index contributed by atoms with van der Waals surface area (Å²) >= 11 is 5.84. The van der Waals surface area contributed by atoms with Gasteiger partial charge in [-0.3, -0.25) is 4.79 Å².